The highest BCUT2D eigenvalue weighted by molar-refractivity contribution is 5.34. The number of aromatic hydroxyl groups is 1. The third-order valence-corrected chi connectivity index (χ3v) is 1.06. The number of phenols is 1. The first-order chi connectivity index (χ1) is 6.70. The molecule has 6 nitrogen and oxygen atoms in total. The van der Waals surface area contributed by atoms with Gasteiger partial charge in [-0.05, 0) is 12.1 Å². The Morgan fingerprint density at radius 3 is 1.86 bits per heavy atom. The summed E-state index contributed by atoms with van der Waals surface area (Å²) >= 11 is 0. The molecule has 78 valence electrons. The lowest BCUT2D eigenvalue weighted by atomic mass is 10.3. The van der Waals surface area contributed by atoms with Crippen LogP contribution in [0.25, 0.3) is 0 Å². The number of nitrogens with zero attached hydrogens (tertiary/aromatic N) is 1. The molecule has 0 unspecified atom stereocenters. The van der Waals surface area contributed by atoms with E-state index in [1.807, 2.05) is 6.79 Å². The van der Waals surface area contributed by atoms with Gasteiger partial charge in [0.25, 0.3) is 5.69 Å². The van der Waals surface area contributed by atoms with Gasteiger partial charge in [0.15, 0.2) is 0 Å². The standard InChI is InChI=1S/C6H5NO3.CH4O.CH2O/c8-6-3-1-5(2-4-6)7(9)10;2*1-2/h1-4,8H;2H,1H3;1H2. The number of hydrogen-bond acceptors (Lipinski definition) is 5. The van der Waals surface area contributed by atoms with E-state index in [4.69, 9.17) is 15.0 Å². The van der Waals surface area contributed by atoms with Crippen LogP contribution in [-0.2, 0) is 4.79 Å². The number of nitro benzene ring substituents is 1. The molecule has 1 aromatic carbocycles. The molecule has 0 heterocycles. The van der Waals surface area contributed by atoms with Crippen LogP contribution in [0.4, 0.5) is 5.69 Å². The van der Waals surface area contributed by atoms with Gasteiger partial charge < -0.3 is 15.0 Å². The second-order valence-corrected chi connectivity index (χ2v) is 1.77. The van der Waals surface area contributed by atoms with E-state index in [-0.39, 0.29) is 11.4 Å². The van der Waals surface area contributed by atoms with E-state index in [0.29, 0.717) is 0 Å². The van der Waals surface area contributed by atoms with Crippen LogP contribution in [0.3, 0.4) is 0 Å². The Balaban J connectivity index is 0. The minimum Gasteiger partial charge on any atom is -0.508 e. The molecule has 6 heteroatoms. The Labute approximate surface area is 80.6 Å². The molecular formula is C8H11NO5. The van der Waals surface area contributed by atoms with Gasteiger partial charge in [0, 0.05) is 19.2 Å². The summed E-state index contributed by atoms with van der Waals surface area (Å²) in [5.74, 6) is 0.0330. The first-order valence-corrected chi connectivity index (χ1v) is 3.37. The summed E-state index contributed by atoms with van der Waals surface area (Å²) in [5, 5.41) is 25.8. The zero-order valence-corrected chi connectivity index (χ0v) is 7.58. The number of aliphatic hydroxyl groups is 1. The van der Waals surface area contributed by atoms with Crippen LogP contribution in [0.1, 0.15) is 0 Å². The van der Waals surface area contributed by atoms with Crippen LogP contribution in [-0.4, -0.2) is 29.0 Å². The number of hydrogen-bond donors (Lipinski definition) is 2. The molecule has 0 amide bonds. The highest BCUT2D eigenvalue weighted by Gasteiger charge is 2.01. The maximum absolute atomic E-state index is 10.0. The SMILES string of the molecule is C=O.CO.O=[N+]([O-])c1ccc(O)cc1. The molecule has 1 aromatic rings. The van der Waals surface area contributed by atoms with Crippen molar-refractivity contribution in [2.45, 2.75) is 0 Å². The number of carbonyl (C=O) groups is 1. The fraction of sp³-hybridized carbons (Fsp3) is 0.125. The summed E-state index contributed by atoms with van der Waals surface area (Å²) in [4.78, 5) is 17.5. The Morgan fingerprint density at radius 1 is 1.21 bits per heavy atom. The minimum atomic E-state index is -0.514. The number of carbonyl (C=O) groups excluding carboxylic acids is 1. The summed E-state index contributed by atoms with van der Waals surface area (Å²) in [6.45, 7) is 2.00. The molecule has 0 atom stereocenters. The van der Waals surface area contributed by atoms with Crippen LogP contribution < -0.4 is 0 Å². The van der Waals surface area contributed by atoms with Gasteiger partial charge in [-0.15, -0.1) is 0 Å². The van der Waals surface area contributed by atoms with E-state index in [0.717, 1.165) is 7.11 Å². The molecule has 2 N–H and O–H groups in total. The summed E-state index contributed by atoms with van der Waals surface area (Å²) in [6.07, 6.45) is 0. The zero-order valence-electron chi connectivity index (χ0n) is 7.58. The van der Waals surface area contributed by atoms with E-state index in [1.165, 1.54) is 24.3 Å². The number of nitro groups is 1. The molecule has 0 bridgehead atoms. The molecule has 0 saturated carbocycles. The van der Waals surface area contributed by atoms with Crippen molar-refractivity contribution in [2.75, 3.05) is 7.11 Å². The van der Waals surface area contributed by atoms with Crippen molar-refractivity contribution in [3.05, 3.63) is 34.4 Å². The molecule has 14 heavy (non-hydrogen) atoms. The smallest absolute Gasteiger partial charge is 0.269 e. The van der Waals surface area contributed by atoms with E-state index >= 15 is 0 Å². The number of phenolic OH excluding ortho intramolecular Hbond substituents is 1. The molecule has 0 spiro atoms. The topological polar surface area (TPSA) is 101 Å². The monoisotopic (exact) mass is 201 g/mol. The molecular weight excluding hydrogens is 190 g/mol. The maximum Gasteiger partial charge on any atom is 0.269 e. The van der Waals surface area contributed by atoms with Crippen molar-refractivity contribution in [2.24, 2.45) is 0 Å². The quantitative estimate of drug-likeness (QED) is 0.515. The van der Waals surface area contributed by atoms with Crippen LogP contribution in [0.15, 0.2) is 24.3 Å². The molecule has 0 aliphatic rings. The van der Waals surface area contributed by atoms with E-state index in [2.05, 4.69) is 0 Å². The number of non-ortho nitro benzene ring substituents is 1. The summed E-state index contributed by atoms with van der Waals surface area (Å²) in [6, 6.07) is 5.04. The van der Waals surface area contributed by atoms with Crippen molar-refractivity contribution in [1.82, 2.24) is 0 Å². The Hall–Kier alpha value is -1.95. The highest BCUT2D eigenvalue weighted by atomic mass is 16.6. The Morgan fingerprint density at radius 2 is 1.57 bits per heavy atom. The van der Waals surface area contributed by atoms with E-state index < -0.39 is 4.92 Å². The van der Waals surface area contributed by atoms with Crippen molar-refractivity contribution in [3.8, 4) is 5.75 Å². The molecule has 0 saturated heterocycles. The molecule has 0 fully saturated rings. The summed E-state index contributed by atoms with van der Waals surface area (Å²) in [5.41, 5.74) is -0.0159. The van der Waals surface area contributed by atoms with Crippen molar-refractivity contribution in [1.29, 1.82) is 0 Å². The van der Waals surface area contributed by atoms with E-state index in [9.17, 15) is 10.1 Å². The van der Waals surface area contributed by atoms with Crippen LogP contribution in [0.5, 0.6) is 5.75 Å². The summed E-state index contributed by atoms with van der Waals surface area (Å²) < 4.78 is 0. The Bertz CT molecular complexity index is 259. The zero-order chi connectivity index (χ0) is 11.6. The second-order valence-electron chi connectivity index (χ2n) is 1.77. The van der Waals surface area contributed by atoms with Crippen LogP contribution in [0, 0.1) is 10.1 Å². The van der Waals surface area contributed by atoms with Gasteiger partial charge in [-0.1, -0.05) is 0 Å². The fourth-order valence-corrected chi connectivity index (χ4v) is 0.574. The van der Waals surface area contributed by atoms with Gasteiger partial charge in [0.2, 0.25) is 0 Å². The highest BCUT2D eigenvalue weighted by Crippen LogP contribution is 2.14. The number of rotatable bonds is 1. The molecule has 0 aliphatic carbocycles. The van der Waals surface area contributed by atoms with Gasteiger partial charge in [-0.2, -0.15) is 0 Å². The van der Waals surface area contributed by atoms with Gasteiger partial charge in [-0.3, -0.25) is 10.1 Å². The van der Waals surface area contributed by atoms with Crippen molar-refractivity contribution in [3.63, 3.8) is 0 Å². The van der Waals surface area contributed by atoms with Gasteiger partial charge >= 0.3 is 0 Å². The van der Waals surface area contributed by atoms with Gasteiger partial charge in [-0.25, -0.2) is 0 Å². The number of benzene rings is 1. The molecule has 0 aromatic heterocycles. The summed E-state index contributed by atoms with van der Waals surface area (Å²) in [7, 11) is 1.00. The first kappa shape index (κ1) is 14.6. The normalized spacial score (nSPS) is 7.29. The Kier molecular flexibility index (Phi) is 9.51. The molecule has 0 aliphatic heterocycles. The minimum absolute atomic E-state index is 0.0159. The predicted octanol–water partition coefficient (Wildman–Crippen LogP) is 0.724. The lowest BCUT2D eigenvalue weighted by Crippen LogP contribution is -1.85. The van der Waals surface area contributed by atoms with Crippen molar-refractivity contribution >= 4 is 12.5 Å². The molecule has 1 rings (SSSR count). The number of aliphatic hydroxyl groups excluding tert-OH is 1. The largest absolute Gasteiger partial charge is 0.508 e. The lowest BCUT2D eigenvalue weighted by molar-refractivity contribution is -0.384. The average Bonchev–Trinajstić information content (AvgIpc) is 2.24. The van der Waals surface area contributed by atoms with Crippen molar-refractivity contribution < 1.29 is 19.9 Å². The lowest BCUT2D eigenvalue weighted by Gasteiger charge is -1.89. The third kappa shape index (κ3) is 5.67. The van der Waals surface area contributed by atoms with Crippen LogP contribution in [0.2, 0.25) is 0 Å². The van der Waals surface area contributed by atoms with E-state index in [1.54, 1.807) is 0 Å². The fourth-order valence-electron chi connectivity index (χ4n) is 0.574. The van der Waals surface area contributed by atoms with Gasteiger partial charge in [0.1, 0.15) is 12.5 Å². The predicted molar refractivity (Wildman–Crippen MR) is 50.0 cm³/mol. The third-order valence-electron chi connectivity index (χ3n) is 1.06. The maximum atomic E-state index is 10.0. The average molecular weight is 201 g/mol. The van der Waals surface area contributed by atoms with Gasteiger partial charge in [0.05, 0.1) is 4.92 Å². The first-order valence-electron chi connectivity index (χ1n) is 3.37. The second kappa shape index (κ2) is 9.14. The van der Waals surface area contributed by atoms with Crippen LogP contribution >= 0.6 is 0 Å². The molecule has 0 radical (unpaired) electrons.